The molecule has 0 aliphatic carbocycles. The number of benzene rings is 6. The molecule has 1 heteroatoms. The van der Waals surface area contributed by atoms with Crippen LogP contribution >= 0.6 is 0 Å². The van der Waals surface area contributed by atoms with Crippen molar-refractivity contribution in [1.29, 1.82) is 0 Å². The average Bonchev–Trinajstić information content (AvgIpc) is 3.21. The molecule has 0 saturated heterocycles. The van der Waals surface area contributed by atoms with Gasteiger partial charge in [0, 0.05) is 0 Å². The van der Waals surface area contributed by atoms with E-state index in [0.717, 1.165) is 0 Å². The van der Waals surface area contributed by atoms with Crippen molar-refractivity contribution in [3.63, 3.8) is 0 Å². The van der Waals surface area contributed by atoms with E-state index < -0.39 is 8.07 Å². The molecular formula is C33H24Si. The minimum absolute atomic E-state index is 1.31. The first kappa shape index (κ1) is 19.5. The van der Waals surface area contributed by atoms with E-state index in [4.69, 9.17) is 0 Å². The third kappa shape index (κ3) is 2.48. The fourth-order valence-electron chi connectivity index (χ4n) is 6.34. The molecule has 34 heavy (non-hydrogen) atoms. The van der Waals surface area contributed by atoms with E-state index in [1.165, 1.54) is 59.0 Å². The molecule has 0 spiro atoms. The van der Waals surface area contributed by atoms with Crippen LogP contribution in [0, 0.1) is 6.92 Å². The van der Waals surface area contributed by atoms with Crippen LogP contribution in [-0.2, 0) is 0 Å². The quantitative estimate of drug-likeness (QED) is 0.236. The van der Waals surface area contributed by atoms with Gasteiger partial charge in [0.05, 0.1) is 0 Å². The molecule has 0 amide bonds. The Labute approximate surface area is 201 Å². The van der Waals surface area contributed by atoms with Crippen molar-refractivity contribution >= 4 is 50.4 Å². The van der Waals surface area contributed by atoms with Gasteiger partial charge < -0.3 is 0 Å². The number of fused-ring (bicyclic) bond motifs is 6. The molecule has 6 aromatic rings. The number of hydrogen-bond acceptors (Lipinski definition) is 0. The molecule has 0 nitrogen and oxygen atoms in total. The number of hydrogen-bond donors (Lipinski definition) is 0. The SMILES string of the molecule is Cc1c2ccccc2cc2ccc3c(c12)-c1ccccc1[Si]3(c1ccccc1)c1ccccc1. The highest BCUT2D eigenvalue weighted by molar-refractivity contribution is 7.22. The zero-order chi connectivity index (χ0) is 22.7. The Hall–Kier alpha value is -3.94. The molecule has 0 bridgehead atoms. The molecule has 1 heterocycles. The Morgan fingerprint density at radius 3 is 1.85 bits per heavy atom. The molecule has 0 fully saturated rings. The van der Waals surface area contributed by atoms with Crippen molar-refractivity contribution in [1.82, 2.24) is 0 Å². The van der Waals surface area contributed by atoms with E-state index in [0.29, 0.717) is 0 Å². The topological polar surface area (TPSA) is 0 Å². The van der Waals surface area contributed by atoms with E-state index in [9.17, 15) is 0 Å². The van der Waals surface area contributed by atoms with Gasteiger partial charge in [0.25, 0.3) is 0 Å². The first-order chi connectivity index (χ1) is 16.8. The second-order valence-electron chi connectivity index (χ2n) is 9.34. The van der Waals surface area contributed by atoms with Crippen LogP contribution in [0.15, 0.2) is 127 Å². The van der Waals surface area contributed by atoms with Crippen LogP contribution in [-0.4, -0.2) is 8.07 Å². The van der Waals surface area contributed by atoms with E-state index in [-0.39, 0.29) is 0 Å². The van der Waals surface area contributed by atoms with E-state index >= 15 is 0 Å². The van der Waals surface area contributed by atoms with Gasteiger partial charge in [-0.05, 0) is 72.0 Å². The summed E-state index contributed by atoms with van der Waals surface area (Å²) in [7, 11) is -2.43. The van der Waals surface area contributed by atoms with Gasteiger partial charge in [-0.3, -0.25) is 0 Å². The maximum absolute atomic E-state index is 2.44. The van der Waals surface area contributed by atoms with E-state index in [1.807, 2.05) is 0 Å². The van der Waals surface area contributed by atoms with Gasteiger partial charge in [-0.1, -0.05) is 121 Å². The van der Waals surface area contributed by atoms with Crippen LogP contribution in [0.5, 0.6) is 0 Å². The maximum atomic E-state index is 2.44. The Bertz CT molecular complexity index is 1660. The molecule has 0 aromatic heterocycles. The third-order valence-corrected chi connectivity index (χ3v) is 12.6. The molecule has 160 valence electrons. The summed E-state index contributed by atoms with van der Waals surface area (Å²) in [6.45, 7) is 2.31. The molecule has 0 saturated carbocycles. The van der Waals surface area contributed by atoms with Crippen molar-refractivity contribution in [2.75, 3.05) is 0 Å². The average molecular weight is 449 g/mol. The normalized spacial score (nSPS) is 13.7. The van der Waals surface area contributed by atoms with E-state index in [1.54, 1.807) is 0 Å². The lowest BCUT2D eigenvalue weighted by Crippen LogP contribution is -2.72. The van der Waals surface area contributed by atoms with Crippen LogP contribution in [0.25, 0.3) is 32.7 Å². The highest BCUT2D eigenvalue weighted by atomic mass is 28.3. The van der Waals surface area contributed by atoms with Gasteiger partial charge in [-0.2, -0.15) is 0 Å². The van der Waals surface area contributed by atoms with Crippen molar-refractivity contribution in [3.05, 3.63) is 133 Å². The summed E-state index contributed by atoms with van der Waals surface area (Å²) >= 11 is 0. The molecule has 0 radical (unpaired) electrons. The van der Waals surface area contributed by atoms with Crippen LogP contribution < -0.4 is 20.7 Å². The summed E-state index contributed by atoms with van der Waals surface area (Å²) in [5.41, 5.74) is 4.22. The predicted molar refractivity (Wildman–Crippen MR) is 149 cm³/mol. The van der Waals surface area contributed by atoms with Gasteiger partial charge in [0.15, 0.2) is 8.07 Å². The van der Waals surface area contributed by atoms with Gasteiger partial charge in [0.1, 0.15) is 0 Å². The fraction of sp³-hybridized carbons (Fsp3) is 0.0303. The van der Waals surface area contributed by atoms with Crippen LogP contribution in [0.4, 0.5) is 0 Å². The van der Waals surface area contributed by atoms with Gasteiger partial charge in [0.2, 0.25) is 0 Å². The minimum atomic E-state index is -2.43. The van der Waals surface area contributed by atoms with Crippen molar-refractivity contribution in [3.8, 4) is 11.1 Å². The standard InChI is InChI=1S/C33H24Si/c1-23-28-17-9-8-12-24(28)22-25-20-21-31-33(32(23)25)29-18-10-11-19-30(29)34(31,26-13-4-2-5-14-26)27-15-6-3-7-16-27/h2-22H,1H3. The summed E-state index contributed by atoms with van der Waals surface area (Å²) in [5, 5.41) is 11.3. The lowest BCUT2D eigenvalue weighted by Gasteiger charge is -2.31. The number of aryl methyl sites for hydroxylation is 1. The monoisotopic (exact) mass is 448 g/mol. The fourth-order valence-corrected chi connectivity index (χ4v) is 11.5. The third-order valence-electron chi connectivity index (χ3n) is 7.71. The first-order valence-corrected chi connectivity index (χ1v) is 14.0. The molecule has 6 aromatic carbocycles. The minimum Gasteiger partial charge on any atom is -0.0623 e. The van der Waals surface area contributed by atoms with Gasteiger partial charge in [-0.15, -0.1) is 0 Å². The molecule has 1 aliphatic heterocycles. The zero-order valence-corrected chi connectivity index (χ0v) is 20.1. The molecule has 0 N–H and O–H groups in total. The van der Waals surface area contributed by atoms with Crippen LogP contribution in [0.1, 0.15) is 5.56 Å². The van der Waals surface area contributed by atoms with Crippen molar-refractivity contribution < 1.29 is 0 Å². The molecule has 0 atom stereocenters. The first-order valence-electron chi connectivity index (χ1n) is 12.0. The van der Waals surface area contributed by atoms with E-state index in [2.05, 4.69) is 134 Å². The Morgan fingerprint density at radius 1 is 0.500 bits per heavy atom. The molecule has 0 unspecified atom stereocenters. The Kier molecular flexibility index (Phi) is 4.18. The highest BCUT2D eigenvalue weighted by Gasteiger charge is 2.49. The maximum Gasteiger partial charge on any atom is 0.180 e. The van der Waals surface area contributed by atoms with Gasteiger partial charge >= 0.3 is 0 Å². The second-order valence-corrected chi connectivity index (χ2v) is 13.1. The van der Waals surface area contributed by atoms with Crippen molar-refractivity contribution in [2.24, 2.45) is 0 Å². The van der Waals surface area contributed by atoms with Crippen LogP contribution in [0.3, 0.4) is 0 Å². The zero-order valence-electron chi connectivity index (χ0n) is 19.1. The van der Waals surface area contributed by atoms with Crippen LogP contribution in [0.2, 0.25) is 0 Å². The summed E-state index contributed by atoms with van der Waals surface area (Å²) in [6, 6.07) is 47.6. The lowest BCUT2D eigenvalue weighted by molar-refractivity contribution is 1.58. The second kappa shape index (κ2) is 7.28. The summed E-state index contributed by atoms with van der Waals surface area (Å²) in [4.78, 5) is 0. The summed E-state index contributed by atoms with van der Waals surface area (Å²) < 4.78 is 0. The lowest BCUT2D eigenvalue weighted by atomic mass is 9.91. The predicted octanol–water partition coefficient (Wildman–Crippen LogP) is 5.66. The largest absolute Gasteiger partial charge is 0.180 e. The van der Waals surface area contributed by atoms with Gasteiger partial charge in [-0.25, -0.2) is 0 Å². The number of rotatable bonds is 2. The highest BCUT2D eigenvalue weighted by Crippen LogP contribution is 2.38. The Balaban J connectivity index is 1.72. The molecule has 7 rings (SSSR count). The smallest absolute Gasteiger partial charge is 0.0623 e. The summed E-state index contributed by atoms with van der Waals surface area (Å²) in [5.74, 6) is 0. The Morgan fingerprint density at radius 2 is 1.12 bits per heavy atom. The van der Waals surface area contributed by atoms with Crippen molar-refractivity contribution in [2.45, 2.75) is 6.92 Å². The molecule has 1 aliphatic rings. The summed E-state index contributed by atoms with van der Waals surface area (Å²) in [6.07, 6.45) is 0. The molecular weight excluding hydrogens is 424 g/mol.